The van der Waals surface area contributed by atoms with E-state index in [1.165, 1.54) is 6.07 Å². The number of aromatic nitrogens is 3. The van der Waals surface area contributed by atoms with E-state index in [4.69, 9.17) is 4.74 Å². The summed E-state index contributed by atoms with van der Waals surface area (Å²) in [5, 5.41) is 4.98. The van der Waals surface area contributed by atoms with Crippen LogP contribution >= 0.6 is 0 Å². The summed E-state index contributed by atoms with van der Waals surface area (Å²) in [4.78, 5) is 4.27. The first kappa shape index (κ1) is 12.6. The summed E-state index contributed by atoms with van der Waals surface area (Å²) in [5.41, 5.74) is 2.16. The maximum absolute atomic E-state index is 13.5. The molecule has 2 heterocycles. The van der Waals surface area contributed by atoms with Crippen LogP contribution in [0.25, 0.3) is 11.0 Å². The Morgan fingerprint density at radius 1 is 1.25 bits per heavy atom. The number of benzene rings is 1. The third-order valence-corrected chi connectivity index (χ3v) is 3.23. The van der Waals surface area contributed by atoms with Gasteiger partial charge in [0.15, 0.2) is 5.65 Å². The number of nitrogens with zero attached hydrogens (tertiary/aromatic N) is 3. The number of ether oxygens (including phenoxy) is 1. The van der Waals surface area contributed by atoms with Crippen LogP contribution < -0.4 is 4.74 Å². The van der Waals surface area contributed by atoms with Crippen molar-refractivity contribution in [2.45, 2.75) is 13.5 Å². The lowest BCUT2D eigenvalue weighted by atomic mass is 10.2. The molecule has 0 unspecified atom stereocenters. The van der Waals surface area contributed by atoms with Crippen molar-refractivity contribution in [3.05, 3.63) is 53.6 Å². The van der Waals surface area contributed by atoms with E-state index in [1.54, 1.807) is 24.9 Å². The number of halogens is 1. The first-order chi connectivity index (χ1) is 9.67. The molecule has 3 rings (SSSR count). The number of pyridine rings is 1. The van der Waals surface area contributed by atoms with E-state index in [1.807, 2.05) is 24.3 Å². The molecule has 4 nitrogen and oxygen atoms in total. The Morgan fingerprint density at radius 3 is 2.70 bits per heavy atom. The normalized spacial score (nSPS) is 10.9. The minimum Gasteiger partial charge on any atom is -0.497 e. The fourth-order valence-electron chi connectivity index (χ4n) is 2.09. The first-order valence-electron chi connectivity index (χ1n) is 6.29. The van der Waals surface area contributed by atoms with Crippen molar-refractivity contribution in [3.63, 3.8) is 0 Å². The third-order valence-electron chi connectivity index (χ3n) is 3.23. The van der Waals surface area contributed by atoms with Crippen molar-refractivity contribution in [1.82, 2.24) is 14.8 Å². The maximum Gasteiger partial charge on any atom is 0.158 e. The van der Waals surface area contributed by atoms with Crippen LogP contribution in [0.3, 0.4) is 0 Å². The van der Waals surface area contributed by atoms with Gasteiger partial charge in [0.2, 0.25) is 0 Å². The quantitative estimate of drug-likeness (QED) is 0.735. The van der Waals surface area contributed by atoms with Crippen LogP contribution in [-0.2, 0) is 6.54 Å². The van der Waals surface area contributed by atoms with Crippen molar-refractivity contribution >= 4 is 11.0 Å². The van der Waals surface area contributed by atoms with E-state index in [0.29, 0.717) is 23.3 Å². The lowest BCUT2D eigenvalue weighted by Crippen LogP contribution is -2.03. The van der Waals surface area contributed by atoms with Gasteiger partial charge in [-0.2, -0.15) is 5.10 Å². The highest BCUT2D eigenvalue weighted by Gasteiger charge is 2.08. The average Bonchev–Trinajstić information content (AvgIpc) is 2.83. The highest BCUT2D eigenvalue weighted by Crippen LogP contribution is 2.17. The largest absolute Gasteiger partial charge is 0.497 e. The summed E-state index contributed by atoms with van der Waals surface area (Å²) in [5.74, 6) is 0.511. The number of hydrogen-bond donors (Lipinski definition) is 0. The van der Waals surface area contributed by atoms with Crippen LogP contribution in [0.2, 0.25) is 0 Å². The summed E-state index contributed by atoms with van der Waals surface area (Å²) in [6, 6.07) is 9.22. The second-order valence-corrected chi connectivity index (χ2v) is 4.62. The summed E-state index contributed by atoms with van der Waals surface area (Å²) < 4.78 is 20.3. The van der Waals surface area contributed by atoms with Crippen molar-refractivity contribution in [1.29, 1.82) is 0 Å². The van der Waals surface area contributed by atoms with Gasteiger partial charge >= 0.3 is 0 Å². The molecule has 0 amide bonds. The molecule has 0 atom stereocenters. The van der Waals surface area contributed by atoms with Crippen LogP contribution in [0.4, 0.5) is 4.39 Å². The van der Waals surface area contributed by atoms with Crippen LogP contribution in [0.1, 0.15) is 11.3 Å². The van der Waals surface area contributed by atoms with Gasteiger partial charge in [0.1, 0.15) is 11.6 Å². The summed E-state index contributed by atoms with van der Waals surface area (Å²) in [6.45, 7) is 2.24. The molecule has 3 aromatic rings. The van der Waals surface area contributed by atoms with Gasteiger partial charge in [-0.15, -0.1) is 0 Å². The zero-order valence-electron chi connectivity index (χ0n) is 11.3. The van der Waals surface area contributed by atoms with Crippen molar-refractivity contribution < 1.29 is 9.13 Å². The molecule has 0 radical (unpaired) electrons. The number of rotatable bonds is 3. The fraction of sp³-hybridized carbons (Fsp3) is 0.200. The van der Waals surface area contributed by atoms with Crippen LogP contribution in [0, 0.1) is 12.7 Å². The Hall–Kier alpha value is -2.43. The van der Waals surface area contributed by atoms with E-state index in [2.05, 4.69) is 10.1 Å². The van der Waals surface area contributed by atoms with Gasteiger partial charge in [0.05, 0.1) is 25.5 Å². The predicted molar refractivity (Wildman–Crippen MR) is 74.3 cm³/mol. The van der Waals surface area contributed by atoms with E-state index >= 15 is 0 Å². The minimum atomic E-state index is -0.304. The molecular weight excluding hydrogens is 257 g/mol. The second-order valence-electron chi connectivity index (χ2n) is 4.62. The zero-order valence-corrected chi connectivity index (χ0v) is 11.3. The van der Waals surface area contributed by atoms with E-state index in [0.717, 1.165) is 11.3 Å². The molecule has 0 fully saturated rings. The van der Waals surface area contributed by atoms with Crippen molar-refractivity contribution in [2.75, 3.05) is 7.11 Å². The van der Waals surface area contributed by atoms with Crippen molar-refractivity contribution in [3.8, 4) is 5.75 Å². The molecule has 0 saturated heterocycles. The van der Waals surface area contributed by atoms with E-state index < -0.39 is 0 Å². The molecule has 0 aliphatic heterocycles. The lowest BCUT2D eigenvalue weighted by molar-refractivity contribution is 0.414. The summed E-state index contributed by atoms with van der Waals surface area (Å²) >= 11 is 0. The molecule has 0 N–H and O–H groups in total. The Balaban J connectivity index is 1.95. The molecule has 1 aromatic carbocycles. The third kappa shape index (κ3) is 2.22. The molecule has 5 heteroatoms. The van der Waals surface area contributed by atoms with E-state index in [-0.39, 0.29) is 5.82 Å². The first-order valence-corrected chi connectivity index (χ1v) is 6.29. The molecule has 0 saturated carbocycles. The summed E-state index contributed by atoms with van der Waals surface area (Å²) in [7, 11) is 1.64. The smallest absolute Gasteiger partial charge is 0.158 e. The highest BCUT2D eigenvalue weighted by atomic mass is 19.1. The van der Waals surface area contributed by atoms with Crippen LogP contribution in [0.5, 0.6) is 5.75 Å². The van der Waals surface area contributed by atoms with Gasteiger partial charge in [-0.3, -0.25) is 0 Å². The Labute approximate surface area is 115 Å². The molecule has 0 spiro atoms. The van der Waals surface area contributed by atoms with Crippen LogP contribution in [0.15, 0.2) is 36.5 Å². The van der Waals surface area contributed by atoms with Crippen LogP contribution in [-0.4, -0.2) is 21.9 Å². The Bertz CT molecular complexity index is 750. The Morgan fingerprint density at radius 2 is 2.00 bits per heavy atom. The number of methoxy groups -OCH3 is 1. The predicted octanol–water partition coefficient (Wildman–Crippen LogP) is 2.94. The van der Waals surface area contributed by atoms with E-state index in [9.17, 15) is 4.39 Å². The molecule has 2 aromatic heterocycles. The molecule has 0 aliphatic rings. The molecular formula is C15H14FN3O. The monoisotopic (exact) mass is 271 g/mol. The number of aryl methyl sites for hydroxylation is 1. The van der Waals surface area contributed by atoms with Gasteiger partial charge in [-0.1, -0.05) is 12.1 Å². The molecule has 102 valence electrons. The second kappa shape index (κ2) is 4.92. The molecule has 20 heavy (non-hydrogen) atoms. The Kier molecular flexibility index (Phi) is 3.10. The zero-order chi connectivity index (χ0) is 14.1. The maximum atomic E-state index is 13.5. The number of hydrogen-bond acceptors (Lipinski definition) is 3. The van der Waals surface area contributed by atoms with Gasteiger partial charge in [0, 0.05) is 5.39 Å². The minimum absolute atomic E-state index is 0.304. The van der Waals surface area contributed by atoms with Gasteiger partial charge in [-0.25, -0.2) is 14.1 Å². The van der Waals surface area contributed by atoms with Gasteiger partial charge in [0.25, 0.3) is 0 Å². The average molecular weight is 271 g/mol. The molecule has 0 aliphatic carbocycles. The summed E-state index contributed by atoms with van der Waals surface area (Å²) in [6.07, 6.45) is 1.63. The van der Waals surface area contributed by atoms with Crippen molar-refractivity contribution in [2.24, 2.45) is 0 Å². The lowest BCUT2D eigenvalue weighted by Gasteiger charge is -2.05. The SMILES string of the molecule is COc1ccc(Cn2ncc3cc(F)c(C)nc32)cc1. The number of fused-ring (bicyclic) bond motifs is 1. The molecule has 0 bridgehead atoms. The standard InChI is InChI=1S/C15H14FN3O/c1-10-14(16)7-12-8-17-19(15(12)18-10)9-11-3-5-13(20-2)6-4-11/h3-8H,9H2,1-2H3. The highest BCUT2D eigenvalue weighted by molar-refractivity contribution is 5.74. The fourth-order valence-corrected chi connectivity index (χ4v) is 2.09. The topological polar surface area (TPSA) is 39.9 Å². The van der Waals surface area contributed by atoms with Gasteiger partial charge in [-0.05, 0) is 30.7 Å². The van der Waals surface area contributed by atoms with Gasteiger partial charge < -0.3 is 4.74 Å².